The summed E-state index contributed by atoms with van der Waals surface area (Å²) < 4.78 is 6.21. The summed E-state index contributed by atoms with van der Waals surface area (Å²) in [6, 6.07) is 7.18. The predicted octanol–water partition coefficient (Wildman–Crippen LogP) is 5.03. The Balaban J connectivity index is 1.98. The summed E-state index contributed by atoms with van der Waals surface area (Å²) in [4.78, 5) is 0. The van der Waals surface area contributed by atoms with Crippen molar-refractivity contribution in [1.29, 1.82) is 0 Å². The number of aryl methyl sites for hydroxylation is 1. The maximum Gasteiger partial charge on any atom is 0.0895 e. The van der Waals surface area contributed by atoms with E-state index in [1.807, 2.05) is 0 Å². The third kappa shape index (κ3) is 2.85. The van der Waals surface area contributed by atoms with E-state index in [-0.39, 0.29) is 6.10 Å². The standard InChI is InChI=1S/C20H27NO/c1-4-6-8-14(3)19-16-9-7-12-22-20(16)17-13-15(5-2)10-11-18(17)21-19/h4,6,8,10-11,13,16,19-21H,5,7,9,12H2,1-3H3/b6-4-,14-8+/t16-,19-,20-/m0/s1. The molecule has 2 heterocycles. The van der Waals surface area contributed by atoms with Crippen molar-refractivity contribution in [3.63, 3.8) is 0 Å². The van der Waals surface area contributed by atoms with E-state index in [1.54, 1.807) is 0 Å². The molecule has 1 fully saturated rings. The fourth-order valence-electron chi connectivity index (χ4n) is 3.74. The summed E-state index contributed by atoms with van der Waals surface area (Å²) in [5.41, 5.74) is 5.40. The normalized spacial score (nSPS) is 28.1. The van der Waals surface area contributed by atoms with Crippen molar-refractivity contribution in [1.82, 2.24) is 0 Å². The third-order valence-corrected chi connectivity index (χ3v) is 4.98. The Morgan fingerprint density at radius 1 is 1.41 bits per heavy atom. The van der Waals surface area contributed by atoms with Crippen molar-refractivity contribution >= 4 is 5.69 Å². The fourth-order valence-corrected chi connectivity index (χ4v) is 3.74. The molecule has 1 saturated heterocycles. The number of allylic oxidation sites excluding steroid dienone is 3. The Morgan fingerprint density at radius 3 is 3.05 bits per heavy atom. The van der Waals surface area contributed by atoms with Gasteiger partial charge >= 0.3 is 0 Å². The molecule has 3 rings (SSSR count). The van der Waals surface area contributed by atoms with E-state index in [2.05, 4.69) is 62.5 Å². The van der Waals surface area contributed by atoms with Crippen LogP contribution in [0.2, 0.25) is 0 Å². The summed E-state index contributed by atoms with van der Waals surface area (Å²) in [7, 11) is 0. The maximum absolute atomic E-state index is 6.21. The second kappa shape index (κ2) is 6.70. The second-order valence-electron chi connectivity index (χ2n) is 6.43. The molecule has 22 heavy (non-hydrogen) atoms. The van der Waals surface area contributed by atoms with E-state index in [0.29, 0.717) is 12.0 Å². The van der Waals surface area contributed by atoms with Gasteiger partial charge in [-0.25, -0.2) is 0 Å². The van der Waals surface area contributed by atoms with E-state index in [9.17, 15) is 0 Å². The number of anilines is 1. The van der Waals surface area contributed by atoms with Gasteiger partial charge in [0.2, 0.25) is 0 Å². The number of nitrogens with one attached hydrogen (secondary N) is 1. The molecule has 0 aliphatic carbocycles. The van der Waals surface area contributed by atoms with Crippen molar-refractivity contribution in [2.45, 2.75) is 52.2 Å². The molecular weight excluding hydrogens is 270 g/mol. The summed E-state index contributed by atoms with van der Waals surface area (Å²) in [6.45, 7) is 7.40. The van der Waals surface area contributed by atoms with Crippen LogP contribution in [-0.2, 0) is 11.2 Å². The number of fused-ring (bicyclic) bond motifs is 3. The van der Waals surface area contributed by atoms with E-state index < -0.39 is 0 Å². The molecule has 1 aromatic rings. The summed E-state index contributed by atoms with van der Waals surface area (Å²) in [5.74, 6) is 0.537. The highest BCUT2D eigenvalue weighted by Gasteiger charge is 2.39. The zero-order valence-corrected chi connectivity index (χ0v) is 13.9. The van der Waals surface area contributed by atoms with Crippen LogP contribution in [0.4, 0.5) is 5.69 Å². The Morgan fingerprint density at radius 2 is 2.27 bits per heavy atom. The molecule has 2 aliphatic rings. The van der Waals surface area contributed by atoms with Crippen LogP contribution in [0.5, 0.6) is 0 Å². The van der Waals surface area contributed by atoms with E-state index in [4.69, 9.17) is 4.74 Å². The van der Waals surface area contributed by atoms with Gasteiger partial charge in [-0.2, -0.15) is 0 Å². The van der Waals surface area contributed by atoms with Crippen LogP contribution < -0.4 is 5.32 Å². The Hall–Kier alpha value is -1.54. The average Bonchev–Trinajstić information content (AvgIpc) is 2.58. The quantitative estimate of drug-likeness (QED) is 0.790. The monoisotopic (exact) mass is 297 g/mol. The first-order chi connectivity index (χ1) is 10.7. The minimum absolute atomic E-state index is 0.246. The fraction of sp³-hybridized carbons (Fsp3) is 0.500. The lowest BCUT2D eigenvalue weighted by Crippen LogP contribution is -2.42. The molecule has 0 radical (unpaired) electrons. The molecule has 1 aromatic carbocycles. The van der Waals surface area contributed by atoms with E-state index in [0.717, 1.165) is 13.0 Å². The molecule has 0 unspecified atom stereocenters. The lowest BCUT2D eigenvalue weighted by Gasteiger charge is -2.43. The van der Waals surface area contributed by atoms with Gasteiger partial charge in [0.25, 0.3) is 0 Å². The minimum atomic E-state index is 0.246. The topological polar surface area (TPSA) is 21.3 Å². The number of hydrogen-bond donors (Lipinski definition) is 1. The molecule has 0 amide bonds. The lowest BCUT2D eigenvalue weighted by atomic mass is 9.77. The zero-order chi connectivity index (χ0) is 15.5. The molecule has 0 aromatic heterocycles. The van der Waals surface area contributed by atoms with Crippen LogP contribution in [0.1, 0.15) is 50.8 Å². The van der Waals surface area contributed by atoms with Gasteiger partial charge < -0.3 is 10.1 Å². The highest BCUT2D eigenvalue weighted by Crippen LogP contribution is 2.45. The average molecular weight is 297 g/mol. The molecule has 118 valence electrons. The SMILES string of the molecule is C/C=C\C=C(/C)[C@@H]1Nc2ccc(CC)cc2[C@H]2OCCC[C@H]21. The number of rotatable bonds is 3. The zero-order valence-electron chi connectivity index (χ0n) is 13.9. The van der Waals surface area contributed by atoms with Gasteiger partial charge in [-0.05, 0) is 44.7 Å². The van der Waals surface area contributed by atoms with Crippen molar-refractivity contribution < 1.29 is 4.74 Å². The first-order valence-electron chi connectivity index (χ1n) is 8.55. The summed E-state index contributed by atoms with van der Waals surface area (Å²) in [5, 5.41) is 3.77. The lowest BCUT2D eigenvalue weighted by molar-refractivity contribution is -0.0342. The van der Waals surface area contributed by atoms with Gasteiger partial charge in [-0.1, -0.05) is 42.9 Å². The van der Waals surface area contributed by atoms with Crippen LogP contribution in [0.3, 0.4) is 0 Å². The van der Waals surface area contributed by atoms with Gasteiger partial charge in [0.15, 0.2) is 0 Å². The van der Waals surface area contributed by atoms with Gasteiger partial charge in [0.1, 0.15) is 0 Å². The molecule has 2 heteroatoms. The molecular formula is C20H27NO. The van der Waals surface area contributed by atoms with Crippen molar-refractivity contribution in [3.8, 4) is 0 Å². The molecule has 3 atom stereocenters. The van der Waals surface area contributed by atoms with Gasteiger partial charge in [-0.15, -0.1) is 0 Å². The second-order valence-corrected chi connectivity index (χ2v) is 6.43. The molecule has 2 nitrogen and oxygen atoms in total. The molecule has 0 bridgehead atoms. The van der Waals surface area contributed by atoms with Crippen molar-refractivity contribution in [3.05, 3.63) is 53.1 Å². The number of benzene rings is 1. The van der Waals surface area contributed by atoms with Gasteiger partial charge in [0.05, 0.1) is 12.1 Å². The van der Waals surface area contributed by atoms with Gasteiger partial charge in [-0.3, -0.25) is 0 Å². The number of hydrogen-bond acceptors (Lipinski definition) is 2. The minimum Gasteiger partial charge on any atom is -0.378 e. The van der Waals surface area contributed by atoms with Crippen LogP contribution in [0, 0.1) is 5.92 Å². The Kier molecular flexibility index (Phi) is 4.68. The smallest absolute Gasteiger partial charge is 0.0895 e. The van der Waals surface area contributed by atoms with Crippen molar-refractivity contribution in [2.75, 3.05) is 11.9 Å². The first-order valence-corrected chi connectivity index (χ1v) is 8.55. The van der Waals surface area contributed by atoms with Crippen molar-refractivity contribution in [2.24, 2.45) is 5.92 Å². The maximum atomic E-state index is 6.21. The highest BCUT2D eigenvalue weighted by molar-refractivity contribution is 5.58. The molecule has 1 N–H and O–H groups in total. The Labute approximate surface area is 134 Å². The molecule has 2 aliphatic heterocycles. The van der Waals surface area contributed by atoms with E-state index >= 15 is 0 Å². The number of ether oxygens (including phenoxy) is 1. The summed E-state index contributed by atoms with van der Waals surface area (Å²) in [6.07, 6.45) is 10.2. The predicted molar refractivity (Wildman–Crippen MR) is 93.2 cm³/mol. The highest BCUT2D eigenvalue weighted by atomic mass is 16.5. The van der Waals surface area contributed by atoms with E-state index in [1.165, 1.54) is 35.2 Å². The van der Waals surface area contributed by atoms with Crippen LogP contribution >= 0.6 is 0 Å². The first kappa shape index (κ1) is 15.4. The Bertz CT molecular complexity index is 587. The summed E-state index contributed by atoms with van der Waals surface area (Å²) >= 11 is 0. The van der Waals surface area contributed by atoms with Crippen LogP contribution in [0.25, 0.3) is 0 Å². The molecule has 0 saturated carbocycles. The van der Waals surface area contributed by atoms with Gasteiger partial charge in [0, 0.05) is 23.8 Å². The van der Waals surface area contributed by atoms with Crippen LogP contribution in [-0.4, -0.2) is 12.6 Å². The largest absolute Gasteiger partial charge is 0.378 e. The third-order valence-electron chi connectivity index (χ3n) is 4.98. The molecule has 0 spiro atoms. The van der Waals surface area contributed by atoms with Crippen LogP contribution in [0.15, 0.2) is 42.0 Å².